The molecule has 5 rings (SSSR count). The number of carbonyl (C=O) groups is 3. The number of benzene rings is 1. The molecule has 1 aromatic rings. The standard InChI is InChI=1S/C15H17FN2O3.C12H20BN/c1-3-4-12(14(20)17-8-19)18-7-11-10(15(18)21)6-5-9(2)13(11)16;13-12(8-11(9-12)6-7-11)14-10-4-2-1-3-5-10/h5-6,8,12H,3-4,7H2,1-2H3,(H,17,19,20);10,14H,1-9H2. The van der Waals surface area contributed by atoms with Crippen LogP contribution in [-0.4, -0.2) is 48.5 Å². The van der Waals surface area contributed by atoms with Gasteiger partial charge in [0.05, 0.1) is 14.4 Å². The molecule has 6 nitrogen and oxygen atoms in total. The number of fused-ring (bicyclic) bond motifs is 1. The van der Waals surface area contributed by atoms with E-state index in [0.717, 1.165) is 11.5 Å². The molecule has 3 fully saturated rings. The molecule has 3 aliphatic carbocycles. The van der Waals surface area contributed by atoms with Crippen molar-refractivity contribution in [2.24, 2.45) is 5.41 Å². The molecular formula is C27H37BFN3O3. The monoisotopic (exact) mass is 481 g/mol. The summed E-state index contributed by atoms with van der Waals surface area (Å²) >= 11 is 0. The lowest BCUT2D eigenvalue weighted by molar-refractivity contribution is -0.129. The largest absolute Gasteiger partial charge is 0.322 e. The zero-order valence-electron chi connectivity index (χ0n) is 21.0. The molecule has 1 aliphatic heterocycles. The van der Waals surface area contributed by atoms with Crippen molar-refractivity contribution >= 4 is 26.1 Å². The van der Waals surface area contributed by atoms with Gasteiger partial charge >= 0.3 is 0 Å². The van der Waals surface area contributed by atoms with Gasteiger partial charge in [0.15, 0.2) is 0 Å². The highest BCUT2D eigenvalue weighted by atomic mass is 19.1. The molecule has 4 aliphatic rings. The van der Waals surface area contributed by atoms with Gasteiger partial charge in [0, 0.05) is 17.2 Å². The van der Waals surface area contributed by atoms with Crippen molar-refractivity contribution in [3.05, 3.63) is 34.6 Å². The average molecular weight is 481 g/mol. The van der Waals surface area contributed by atoms with E-state index in [-0.39, 0.29) is 23.5 Å². The van der Waals surface area contributed by atoms with E-state index in [4.69, 9.17) is 7.85 Å². The van der Waals surface area contributed by atoms with Crippen molar-refractivity contribution in [2.45, 2.75) is 109 Å². The molecule has 1 aromatic carbocycles. The Labute approximate surface area is 209 Å². The summed E-state index contributed by atoms with van der Waals surface area (Å²) in [6.45, 7) is 3.56. The minimum atomic E-state index is -0.764. The maximum Gasteiger partial charge on any atom is 0.255 e. The van der Waals surface area contributed by atoms with Crippen LogP contribution in [0.2, 0.25) is 0 Å². The third kappa shape index (κ3) is 5.63. The van der Waals surface area contributed by atoms with Gasteiger partial charge in [-0.3, -0.25) is 19.7 Å². The van der Waals surface area contributed by atoms with Gasteiger partial charge in [-0.25, -0.2) is 4.39 Å². The maximum atomic E-state index is 14.1. The lowest BCUT2D eigenvalue weighted by Crippen LogP contribution is -2.60. The fourth-order valence-electron chi connectivity index (χ4n) is 6.17. The zero-order chi connectivity index (χ0) is 25.2. The third-order valence-corrected chi connectivity index (χ3v) is 8.13. The molecule has 2 radical (unpaired) electrons. The van der Waals surface area contributed by atoms with Gasteiger partial charge < -0.3 is 10.2 Å². The first kappa shape index (κ1) is 25.9. The highest BCUT2D eigenvalue weighted by Gasteiger charge is 2.58. The summed E-state index contributed by atoms with van der Waals surface area (Å²) in [6, 6.07) is 3.09. The van der Waals surface area contributed by atoms with Crippen LogP contribution in [0.25, 0.3) is 0 Å². The van der Waals surface area contributed by atoms with E-state index in [1.165, 1.54) is 62.7 Å². The second-order valence-electron chi connectivity index (χ2n) is 11.1. The predicted molar refractivity (Wildman–Crippen MR) is 133 cm³/mol. The molecule has 1 atom stereocenters. The second-order valence-corrected chi connectivity index (χ2v) is 11.1. The van der Waals surface area contributed by atoms with Crippen LogP contribution in [0.1, 0.15) is 99.0 Å². The average Bonchev–Trinajstić information content (AvgIpc) is 3.51. The molecule has 3 saturated carbocycles. The molecule has 1 spiro atoms. The van der Waals surface area contributed by atoms with E-state index in [1.807, 2.05) is 6.92 Å². The summed E-state index contributed by atoms with van der Waals surface area (Å²) in [6.07, 6.45) is 13.7. The molecule has 8 heteroatoms. The summed E-state index contributed by atoms with van der Waals surface area (Å²) in [7, 11) is 6.34. The summed E-state index contributed by atoms with van der Waals surface area (Å²) in [5, 5.41) is 5.78. The molecule has 0 saturated heterocycles. The van der Waals surface area contributed by atoms with Gasteiger partial charge in [0.2, 0.25) is 12.3 Å². The van der Waals surface area contributed by atoms with E-state index in [9.17, 15) is 18.8 Å². The van der Waals surface area contributed by atoms with Crippen molar-refractivity contribution < 1.29 is 18.8 Å². The quantitative estimate of drug-likeness (QED) is 0.458. The second kappa shape index (κ2) is 10.4. The van der Waals surface area contributed by atoms with Crippen molar-refractivity contribution in [1.82, 2.24) is 15.5 Å². The molecule has 1 unspecified atom stereocenters. The Bertz CT molecular complexity index is 967. The van der Waals surface area contributed by atoms with Crippen molar-refractivity contribution in [2.75, 3.05) is 0 Å². The number of rotatable bonds is 7. The van der Waals surface area contributed by atoms with Crippen LogP contribution in [0.3, 0.4) is 0 Å². The summed E-state index contributed by atoms with van der Waals surface area (Å²) in [4.78, 5) is 36.1. The number of amides is 3. The third-order valence-electron chi connectivity index (χ3n) is 8.13. The fraction of sp³-hybridized carbons (Fsp3) is 0.667. The predicted octanol–water partition coefficient (Wildman–Crippen LogP) is 3.88. The number of carbonyl (C=O) groups excluding carboxylic acids is 3. The highest BCUT2D eigenvalue weighted by molar-refractivity contribution is 6.16. The number of nitrogens with zero attached hydrogens (tertiary/aromatic N) is 1. The van der Waals surface area contributed by atoms with Crippen LogP contribution in [0, 0.1) is 18.2 Å². The minimum Gasteiger partial charge on any atom is -0.322 e. The van der Waals surface area contributed by atoms with Crippen LogP contribution in [-0.2, 0) is 16.1 Å². The topological polar surface area (TPSA) is 78.5 Å². The minimum absolute atomic E-state index is 0.0263. The molecule has 0 bridgehead atoms. The molecule has 3 amide bonds. The van der Waals surface area contributed by atoms with Gasteiger partial charge in [-0.15, -0.1) is 0 Å². The molecule has 35 heavy (non-hydrogen) atoms. The number of imide groups is 1. The Morgan fingerprint density at radius 1 is 1.26 bits per heavy atom. The van der Waals surface area contributed by atoms with E-state index < -0.39 is 17.8 Å². The van der Waals surface area contributed by atoms with E-state index >= 15 is 0 Å². The first-order chi connectivity index (χ1) is 16.7. The summed E-state index contributed by atoms with van der Waals surface area (Å²) in [5.41, 5.74) is 1.82. The molecular weight excluding hydrogens is 444 g/mol. The SMILES string of the molecule is CCCC(C(=O)NC=O)N1Cc2c(ccc(C)c2F)C1=O.[B]C1(NC2CCCCC2)CC2(CC2)C1. The van der Waals surface area contributed by atoms with Crippen LogP contribution in [0.15, 0.2) is 12.1 Å². The molecule has 2 N–H and O–H groups in total. The van der Waals surface area contributed by atoms with Crippen LogP contribution < -0.4 is 10.6 Å². The smallest absolute Gasteiger partial charge is 0.255 e. The van der Waals surface area contributed by atoms with Crippen LogP contribution in [0.4, 0.5) is 4.39 Å². The zero-order valence-corrected chi connectivity index (χ0v) is 21.0. The summed E-state index contributed by atoms with van der Waals surface area (Å²) in [5.74, 6) is -1.32. The van der Waals surface area contributed by atoms with Crippen LogP contribution in [0.5, 0.6) is 0 Å². The van der Waals surface area contributed by atoms with Gasteiger partial charge in [0.25, 0.3) is 5.91 Å². The van der Waals surface area contributed by atoms with E-state index in [1.54, 1.807) is 19.1 Å². The normalized spacial score (nSPS) is 22.5. The first-order valence-corrected chi connectivity index (χ1v) is 13.1. The van der Waals surface area contributed by atoms with E-state index in [2.05, 4.69) is 10.6 Å². The number of nitrogens with one attached hydrogen (secondary N) is 2. The number of hydrogen-bond acceptors (Lipinski definition) is 4. The highest BCUT2D eigenvalue weighted by Crippen LogP contribution is 2.64. The summed E-state index contributed by atoms with van der Waals surface area (Å²) < 4.78 is 14.1. The maximum absolute atomic E-state index is 14.1. The first-order valence-electron chi connectivity index (χ1n) is 13.1. The number of aryl methyl sites for hydroxylation is 1. The Balaban J connectivity index is 0.000000177. The number of hydrogen-bond donors (Lipinski definition) is 2. The lowest BCUT2D eigenvalue weighted by atomic mass is 9.54. The number of halogens is 1. The van der Waals surface area contributed by atoms with Crippen molar-refractivity contribution in [1.29, 1.82) is 0 Å². The Hall–Kier alpha value is -2.22. The van der Waals surface area contributed by atoms with Crippen molar-refractivity contribution in [3.8, 4) is 0 Å². The van der Waals surface area contributed by atoms with Gasteiger partial charge in [0.1, 0.15) is 11.9 Å². The van der Waals surface area contributed by atoms with Gasteiger partial charge in [-0.05, 0) is 74.4 Å². The van der Waals surface area contributed by atoms with Gasteiger partial charge in [-0.2, -0.15) is 0 Å². The van der Waals surface area contributed by atoms with Gasteiger partial charge in [-0.1, -0.05) is 38.7 Å². The fourth-order valence-corrected chi connectivity index (χ4v) is 6.17. The van der Waals surface area contributed by atoms with E-state index in [0.29, 0.717) is 30.4 Å². The molecule has 188 valence electrons. The Morgan fingerprint density at radius 3 is 2.54 bits per heavy atom. The Kier molecular flexibility index (Phi) is 7.70. The van der Waals surface area contributed by atoms with Crippen LogP contribution >= 0.6 is 0 Å². The lowest BCUT2D eigenvalue weighted by Gasteiger charge is -2.50. The molecule has 0 aromatic heterocycles. The molecule has 1 heterocycles. The van der Waals surface area contributed by atoms with Crippen molar-refractivity contribution in [3.63, 3.8) is 0 Å². The Morgan fingerprint density at radius 2 is 1.94 bits per heavy atom.